The molecular weight excluding hydrogens is 380 g/mol. The Morgan fingerprint density at radius 3 is 2.45 bits per heavy atom. The van der Waals surface area contributed by atoms with Gasteiger partial charge in [0.15, 0.2) is 0 Å². The van der Waals surface area contributed by atoms with Crippen molar-refractivity contribution in [2.24, 2.45) is 0 Å². The van der Waals surface area contributed by atoms with Crippen LogP contribution in [0.15, 0.2) is 39.9 Å². The number of carbonyl (C=O) groups excluding carboxylic acids is 1. The first kappa shape index (κ1) is 20.0. The number of nitrogens with one attached hydrogen (secondary N) is 3. The molecule has 0 bridgehead atoms. The number of amides is 1. The van der Waals surface area contributed by atoms with Crippen molar-refractivity contribution in [1.29, 1.82) is 0 Å². The van der Waals surface area contributed by atoms with E-state index in [1.54, 1.807) is 31.4 Å². The quantitative estimate of drug-likeness (QED) is 0.326. The molecule has 3 N–H and O–H groups in total. The minimum atomic E-state index is -0.915. The molecule has 0 saturated carbocycles. The topological polar surface area (TPSA) is 147 Å². The van der Waals surface area contributed by atoms with E-state index in [1.165, 1.54) is 13.0 Å². The Kier molecular flexibility index (Phi) is 5.55. The van der Waals surface area contributed by atoms with Gasteiger partial charge >= 0.3 is 11.1 Å². The SMILES string of the molecule is COCc1ccc(C(=O)NCc2c(C)c([N+](=O)[O-])cc3[nH]c(=O)c(=O)[nH]c23)cc1. The molecule has 1 amide bonds. The molecule has 29 heavy (non-hydrogen) atoms. The van der Waals surface area contributed by atoms with Crippen LogP contribution < -0.4 is 16.4 Å². The van der Waals surface area contributed by atoms with E-state index in [2.05, 4.69) is 15.3 Å². The fourth-order valence-electron chi connectivity index (χ4n) is 3.01. The second kappa shape index (κ2) is 8.07. The fraction of sp³-hybridized carbons (Fsp3) is 0.211. The number of H-pyrrole nitrogens is 2. The molecule has 10 nitrogen and oxygen atoms in total. The van der Waals surface area contributed by atoms with Crippen molar-refractivity contribution in [3.8, 4) is 0 Å². The van der Waals surface area contributed by atoms with E-state index in [4.69, 9.17) is 4.74 Å². The van der Waals surface area contributed by atoms with Gasteiger partial charge in [0.05, 0.1) is 22.6 Å². The van der Waals surface area contributed by atoms with Crippen molar-refractivity contribution in [2.45, 2.75) is 20.1 Å². The number of nitrogens with zero attached hydrogens (tertiary/aromatic N) is 1. The Balaban J connectivity index is 1.96. The molecule has 0 radical (unpaired) electrons. The Morgan fingerprint density at radius 2 is 1.83 bits per heavy atom. The van der Waals surface area contributed by atoms with Gasteiger partial charge in [0, 0.05) is 36.4 Å². The molecule has 150 valence electrons. The normalized spacial score (nSPS) is 10.8. The van der Waals surface area contributed by atoms with Crippen LogP contribution in [0.4, 0.5) is 5.69 Å². The summed E-state index contributed by atoms with van der Waals surface area (Å²) in [5.74, 6) is -0.389. The van der Waals surface area contributed by atoms with E-state index in [1.807, 2.05) is 0 Å². The number of carbonyl (C=O) groups is 1. The summed E-state index contributed by atoms with van der Waals surface area (Å²) < 4.78 is 5.03. The summed E-state index contributed by atoms with van der Waals surface area (Å²) in [5.41, 5.74) is 0.244. The van der Waals surface area contributed by atoms with Crippen LogP contribution in [0.2, 0.25) is 0 Å². The zero-order valence-electron chi connectivity index (χ0n) is 15.7. The third-order valence-corrected chi connectivity index (χ3v) is 4.53. The summed E-state index contributed by atoms with van der Waals surface area (Å²) in [4.78, 5) is 51.3. The Labute approximate surface area is 163 Å². The molecule has 0 saturated heterocycles. The van der Waals surface area contributed by atoms with Gasteiger partial charge in [-0.15, -0.1) is 0 Å². The maximum Gasteiger partial charge on any atom is 0.314 e. The zero-order chi connectivity index (χ0) is 21.1. The van der Waals surface area contributed by atoms with Crippen molar-refractivity contribution in [2.75, 3.05) is 7.11 Å². The Morgan fingerprint density at radius 1 is 1.17 bits per heavy atom. The summed E-state index contributed by atoms with van der Waals surface area (Å²) in [6.45, 7) is 1.86. The fourth-order valence-corrected chi connectivity index (χ4v) is 3.01. The highest BCUT2D eigenvalue weighted by molar-refractivity contribution is 5.94. The lowest BCUT2D eigenvalue weighted by atomic mass is 10.0. The molecule has 0 atom stereocenters. The summed E-state index contributed by atoms with van der Waals surface area (Å²) >= 11 is 0. The number of aromatic amines is 2. The second-order valence-corrected chi connectivity index (χ2v) is 6.40. The van der Waals surface area contributed by atoms with Crippen LogP contribution >= 0.6 is 0 Å². The molecular formula is C19H18N4O6. The number of hydrogen-bond acceptors (Lipinski definition) is 6. The van der Waals surface area contributed by atoms with Gasteiger partial charge in [-0.3, -0.25) is 24.5 Å². The van der Waals surface area contributed by atoms with E-state index < -0.39 is 16.0 Å². The molecule has 0 aliphatic rings. The molecule has 10 heteroatoms. The monoisotopic (exact) mass is 398 g/mol. The molecule has 0 spiro atoms. The minimum absolute atomic E-state index is 0.0787. The summed E-state index contributed by atoms with van der Waals surface area (Å²) in [6.07, 6.45) is 0. The number of methoxy groups -OCH3 is 1. The van der Waals surface area contributed by atoms with Crippen LogP contribution in [-0.4, -0.2) is 27.9 Å². The molecule has 0 unspecified atom stereocenters. The number of aromatic nitrogens is 2. The lowest BCUT2D eigenvalue weighted by Crippen LogP contribution is -2.30. The van der Waals surface area contributed by atoms with Crippen molar-refractivity contribution >= 4 is 22.6 Å². The Hall–Kier alpha value is -3.79. The van der Waals surface area contributed by atoms with Gasteiger partial charge < -0.3 is 20.0 Å². The lowest BCUT2D eigenvalue weighted by molar-refractivity contribution is -0.385. The first-order chi connectivity index (χ1) is 13.8. The van der Waals surface area contributed by atoms with Gasteiger partial charge in [0.2, 0.25) is 0 Å². The third-order valence-electron chi connectivity index (χ3n) is 4.53. The number of nitro groups is 1. The van der Waals surface area contributed by atoms with Crippen LogP contribution in [0.25, 0.3) is 11.0 Å². The molecule has 0 aliphatic carbocycles. The highest BCUT2D eigenvalue weighted by Crippen LogP contribution is 2.27. The number of hydrogen-bond donors (Lipinski definition) is 3. The number of rotatable bonds is 6. The average Bonchev–Trinajstić information content (AvgIpc) is 2.69. The molecule has 1 heterocycles. The van der Waals surface area contributed by atoms with Crippen molar-refractivity contribution < 1.29 is 14.5 Å². The second-order valence-electron chi connectivity index (χ2n) is 6.40. The third kappa shape index (κ3) is 4.06. The summed E-state index contributed by atoms with van der Waals surface area (Å²) in [5, 5.41) is 14.1. The van der Waals surface area contributed by atoms with Gasteiger partial charge in [-0.25, -0.2) is 0 Å². The largest absolute Gasteiger partial charge is 0.380 e. The van der Waals surface area contributed by atoms with Crippen LogP contribution in [0.1, 0.15) is 27.0 Å². The Bertz CT molecular complexity index is 1210. The maximum atomic E-state index is 12.5. The van der Waals surface area contributed by atoms with E-state index >= 15 is 0 Å². The summed E-state index contributed by atoms with van der Waals surface area (Å²) in [6, 6.07) is 7.98. The van der Waals surface area contributed by atoms with E-state index in [0.29, 0.717) is 17.7 Å². The molecule has 3 rings (SSSR count). The highest BCUT2D eigenvalue weighted by atomic mass is 16.6. The maximum absolute atomic E-state index is 12.5. The van der Waals surface area contributed by atoms with Gasteiger partial charge in [-0.2, -0.15) is 0 Å². The van der Waals surface area contributed by atoms with Crippen LogP contribution in [0.5, 0.6) is 0 Å². The first-order valence-corrected chi connectivity index (χ1v) is 8.61. The smallest absolute Gasteiger partial charge is 0.314 e. The minimum Gasteiger partial charge on any atom is -0.380 e. The predicted octanol–water partition coefficient (Wildman–Crippen LogP) is 1.51. The van der Waals surface area contributed by atoms with E-state index in [-0.39, 0.29) is 34.7 Å². The molecule has 2 aromatic carbocycles. The number of fused-ring (bicyclic) bond motifs is 1. The summed E-state index contributed by atoms with van der Waals surface area (Å²) in [7, 11) is 1.57. The van der Waals surface area contributed by atoms with Crippen molar-refractivity contribution in [3.63, 3.8) is 0 Å². The van der Waals surface area contributed by atoms with Crippen LogP contribution in [-0.2, 0) is 17.9 Å². The van der Waals surface area contributed by atoms with Crippen LogP contribution in [0.3, 0.4) is 0 Å². The zero-order valence-corrected chi connectivity index (χ0v) is 15.7. The molecule has 1 aromatic heterocycles. The number of ether oxygens (including phenoxy) is 1. The standard InChI is InChI=1S/C19H18N4O6/c1-10-13(8-20-17(24)12-5-3-11(4-6-12)9-29-2)16-14(7-15(10)23(27)28)21-18(25)19(26)22-16/h3-7H,8-9H2,1-2H3,(H,20,24)(H,21,25)(H,22,26). The number of benzene rings is 2. The van der Waals surface area contributed by atoms with Gasteiger partial charge in [-0.05, 0) is 24.6 Å². The first-order valence-electron chi connectivity index (χ1n) is 8.61. The molecule has 0 aliphatic heterocycles. The van der Waals surface area contributed by atoms with Gasteiger partial charge in [-0.1, -0.05) is 12.1 Å². The molecule has 0 fully saturated rings. The average molecular weight is 398 g/mol. The van der Waals surface area contributed by atoms with Gasteiger partial charge in [0.1, 0.15) is 0 Å². The lowest BCUT2D eigenvalue weighted by Gasteiger charge is -2.12. The van der Waals surface area contributed by atoms with Gasteiger partial charge in [0.25, 0.3) is 11.6 Å². The van der Waals surface area contributed by atoms with E-state index in [0.717, 1.165) is 5.56 Å². The number of nitro benzene ring substituents is 1. The van der Waals surface area contributed by atoms with Crippen molar-refractivity contribution in [3.05, 3.63) is 83.4 Å². The molecule has 3 aromatic rings. The highest BCUT2D eigenvalue weighted by Gasteiger charge is 2.20. The predicted molar refractivity (Wildman–Crippen MR) is 105 cm³/mol. The van der Waals surface area contributed by atoms with E-state index in [9.17, 15) is 24.5 Å². The van der Waals surface area contributed by atoms with Crippen LogP contribution in [0, 0.1) is 17.0 Å². The van der Waals surface area contributed by atoms with Crippen molar-refractivity contribution in [1.82, 2.24) is 15.3 Å².